The van der Waals surface area contributed by atoms with Gasteiger partial charge in [0, 0.05) is 13.1 Å². The Morgan fingerprint density at radius 2 is 2.35 bits per heavy atom. The highest BCUT2D eigenvalue weighted by Gasteiger charge is 2.22. The number of rotatable bonds is 4. The maximum Gasteiger partial charge on any atom is 0.151 e. The van der Waals surface area contributed by atoms with Crippen molar-refractivity contribution in [2.24, 2.45) is 0 Å². The minimum atomic E-state index is -0.295. The molecule has 120 valence electrons. The molecule has 1 fully saturated rings. The molecule has 1 atom stereocenters. The van der Waals surface area contributed by atoms with E-state index in [-0.39, 0.29) is 11.9 Å². The van der Waals surface area contributed by atoms with E-state index in [0.29, 0.717) is 25.2 Å². The van der Waals surface area contributed by atoms with Gasteiger partial charge in [-0.2, -0.15) is 5.10 Å². The maximum atomic E-state index is 13.7. The zero-order valence-corrected chi connectivity index (χ0v) is 12.5. The number of aromatic nitrogens is 5. The van der Waals surface area contributed by atoms with Gasteiger partial charge in [-0.15, -0.1) is 0 Å². The van der Waals surface area contributed by atoms with E-state index in [0.717, 1.165) is 24.4 Å². The smallest absolute Gasteiger partial charge is 0.151 e. The van der Waals surface area contributed by atoms with Crippen LogP contribution < -0.4 is 0 Å². The molecule has 0 unspecified atom stereocenters. The van der Waals surface area contributed by atoms with Crippen LogP contribution in [0.3, 0.4) is 0 Å². The molecule has 1 N–H and O–H groups in total. The molecule has 23 heavy (non-hydrogen) atoms. The quantitative estimate of drug-likeness (QED) is 0.783. The van der Waals surface area contributed by atoms with Gasteiger partial charge in [0.05, 0.1) is 31.3 Å². The summed E-state index contributed by atoms with van der Waals surface area (Å²) < 4.78 is 21.3. The van der Waals surface area contributed by atoms with Crippen LogP contribution in [0.2, 0.25) is 0 Å². The molecule has 0 radical (unpaired) electrons. The molecule has 1 aliphatic rings. The number of fused-ring (bicyclic) bond motifs is 1. The summed E-state index contributed by atoms with van der Waals surface area (Å²) in [6, 6.07) is 4.94. The molecule has 3 aromatic rings. The van der Waals surface area contributed by atoms with E-state index >= 15 is 0 Å². The fraction of sp³-hybridized carbons (Fsp3) is 0.400. The summed E-state index contributed by atoms with van der Waals surface area (Å²) >= 11 is 0. The Morgan fingerprint density at radius 3 is 3.17 bits per heavy atom. The molecule has 0 bridgehead atoms. The van der Waals surface area contributed by atoms with Gasteiger partial charge >= 0.3 is 0 Å². The van der Waals surface area contributed by atoms with E-state index in [1.165, 1.54) is 12.4 Å². The molecule has 8 heteroatoms. The van der Waals surface area contributed by atoms with E-state index in [1.807, 2.05) is 6.07 Å². The Labute approximate surface area is 132 Å². The Kier molecular flexibility index (Phi) is 3.76. The Balaban J connectivity index is 1.44. The van der Waals surface area contributed by atoms with Crippen molar-refractivity contribution < 1.29 is 9.13 Å². The minimum absolute atomic E-state index is 0.0616. The van der Waals surface area contributed by atoms with Crippen molar-refractivity contribution in [3.05, 3.63) is 42.5 Å². The van der Waals surface area contributed by atoms with Gasteiger partial charge in [0.15, 0.2) is 5.82 Å². The van der Waals surface area contributed by atoms with Crippen LogP contribution in [-0.4, -0.2) is 55.4 Å². The van der Waals surface area contributed by atoms with Gasteiger partial charge in [0.2, 0.25) is 0 Å². The number of halogens is 1. The molecular formula is C15H17FN6O. The van der Waals surface area contributed by atoms with Crippen molar-refractivity contribution in [1.82, 2.24) is 29.6 Å². The summed E-state index contributed by atoms with van der Waals surface area (Å²) in [5, 5.41) is 4.10. The summed E-state index contributed by atoms with van der Waals surface area (Å²) in [7, 11) is 0. The summed E-state index contributed by atoms with van der Waals surface area (Å²) in [5.74, 6) is 0.475. The van der Waals surface area contributed by atoms with Crippen LogP contribution in [0.5, 0.6) is 0 Å². The topological polar surface area (TPSA) is 71.9 Å². The molecule has 2 aromatic heterocycles. The number of hydrogen-bond acceptors (Lipinski definition) is 5. The molecule has 0 spiro atoms. The van der Waals surface area contributed by atoms with Crippen LogP contribution >= 0.6 is 0 Å². The average molecular weight is 316 g/mol. The monoisotopic (exact) mass is 316 g/mol. The number of ether oxygens (including phenoxy) is 1. The lowest BCUT2D eigenvalue weighted by Crippen LogP contribution is -2.43. The van der Waals surface area contributed by atoms with Crippen LogP contribution in [0.4, 0.5) is 4.39 Å². The van der Waals surface area contributed by atoms with Gasteiger partial charge in [-0.05, 0) is 12.1 Å². The number of para-hydroxylation sites is 1. The van der Waals surface area contributed by atoms with Crippen molar-refractivity contribution >= 4 is 11.0 Å². The molecule has 0 amide bonds. The third-order valence-electron chi connectivity index (χ3n) is 3.97. The lowest BCUT2D eigenvalue weighted by molar-refractivity contribution is -0.0408. The molecule has 0 saturated carbocycles. The molecule has 0 aliphatic carbocycles. The lowest BCUT2D eigenvalue weighted by atomic mass is 10.2. The summed E-state index contributed by atoms with van der Waals surface area (Å²) in [4.78, 5) is 13.7. The molecule has 7 nitrogen and oxygen atoms in total. The fourth-order valence-corrected chi connectivity index (χ4v) is 2.91. The number of imidazole rings is 1. The molecule has 1 aliphatic heterocycles. The first-order valence-corrected chi connectivity index (χ1v) is 7.57. The highest BCUT2D eigenvalue weighted by Crippen LogP contribution is 2.17. The maximum absolute atomic E-state index is 13.7. The lowest BCUT2D eigenvalue weighted by Gasteiger charge is -2.32. The van der Waals surface area contributed by atoms with Crippen LogP contribution in [-0.2, 0) is 17.8 Å². The van der Waals surface area contributed by atoms with Gasteiger partial charge in [-0.1, -0.05) is 6.07 Å². The van der Waals surface area contributed by atoms with Crippen LogP contribution in [0, 0.1) is 5.82 Å². The molecule has 3 heterocycles. The van der Waals surface area contributed by atoms with Gasteiger partial charge in [0.1, 0.15) is 24.0 Å². The van der Waals surface area contributed by atoms with Crippen LogP contribution in [0.1, 0.15) is 5.82 Å². The van der Waals surface area contributed by atoms with Crippen molar-refractivity contribution in [3.8, 4) is 0 Å². The Bertz CT molecular complexity index is 786. The van der Waals surface area contributed by atoms with Gasteiger partial charge in [-0.25, -0.2) is 14.4 Å². The summed E-state index contributed by atoms with van der Waals surface area (Å²) in [6.45, 7) is 3.58. The van der Waals surface area contributed by atoms with Crippen LogP contribution in [0.25, 0.3) is 11.0 Å². The summed E-state index contributed by atoms with van der Waals surface area (Å²) in [6.07, 6.45) is 3.26. The second-order valence-electron chi connectivity index (χ2n) is 5.66. The minimum Gasteiger partial charge on any atom is -0.374 e. The number of nitrogens with zero attached hydrogens (tertiary/aromatic N) is 5. The van der Waals surface area contributed by atoms with Crippen molar-refractivity contribution in [2.45, 2.75) is 19.2 Å². The van der Waals surface area contributed by atoms with Crippen molar-refractivity contribution in [3.63, 3.8) is 0 Å². The van der Waals surface area contributed by atoms with E-state index in [9.17, 15) is 4.39 Å². The van der Waals surface area contributed by atoms with E-state index in [4.69, 9.17) is 4.74 Å². The second kappa shape index (κ2) is 6.05. The van der Waals surface area contributed by atoms with Gasteiger partial charge < -0.3 is 9.72 Å². The largest absolute Gasteiger partial charge is 0.374 e. The number of morpholine rings is 1. The Hall–Kier alpha value is -2.32. The third-order valence-corrected chi connectivity index (χ3v) is 3.97. The van der Waals surface area contributed by atoms with E-state index in [2.05, 4.69) is 25.0 Å². The highest BCUT2D eigenvalue weighted by molar-refractivity contribution is 5.75. The highest BCUT2D eigenvalue weighted by atomic mass is 19.1. The number of hydrogen-bond donors (Lipinski definition) is 1. The third kappa shape index (κ3) is 3.08. The number of nitrogens with one attached hydrogen (secondary N) is 1. The first-order chi connectivity index (χ1) is 11.3. The second-order valence-corrected chi connectivity index (χ2v) is 5.66. The molecule has 4 rings (SSSR count). The zero-order chi connectivity index (χ0) is 15.6. The molecule has 1 aromatic carbocycles. The van der Waals surface area contributed by atoms with Crippen LogP contribution in [0.15, 0.2) is 30.9 Å². The SMILES string of the molecule is Fc1cccc2[nH]c(CN3CCO[C@H](Cn4cncn4)C3)nc12. The Morgan fingerprint density at radius 1 is 1.39 bits per heavy atom. The summed E-state index contributed by atoms with van der Waals surface area (Å²) in [5.41, 5.74) is 1.13. The van der Waals surface area contributed by atoms with Gasteiger partial charge in [-0.3, -0.25) is 9.58 Å². The average Bonchev–Trinajstić information content (AvgIpc) is 3.18. The fourth-order valence-electron chi connectivity index (χ4n) is 2.91. The number of aromatic amines is 1. The first kappa shape index (κ1) is 14.3. The normalized spacial score (nSPS) is 19.4. The predicted molar refractivity (Wildman–Crippen MR) is 81.1 cm³/mol. The molecule has 1 saturated heterocycles. The van der Waals surface area contributed by atoms with Crippen molar-refractivity contribution in [2.75, 3.05) is 19.7 Å². The standard InChI is InChI=1S/C15H17FN6O/c16-12-2-1-3-13-15(12)20-14(19-13)8-21-4-5-23-11(6-21)7-22-10-17-9-18-22/h1-3,9-11H,4-8H2,(H,19,20)/t11-/m0/s1. The van der Waals surface area contributed by atoms with Crippen molar-refractivity contribution in [1.29, 1.82) is 0 Å². The van der Waals surface area contributed by atoms with Gasteiger partial charge in [0.25, 0.3) is 0 Å². The number of benzene rings is 1. The molecular weight excluding hydrogens is 299 g/mol. The zero-order valence-electron chi connectivity index (χ0n) is 12.5. The van der Waals surface area contributed by atoms with E-state index < -0.39 is 0 Å². The first-order valence-electron chi connectivity index (χ1n) is 7.57. The number of H-pyrrole nitrogens is 1. The predicted octanol–water partition coefficient (Wildman–Crippen LogP) is 1.19. The van der Waals surface area contributed by atoms with E-state index in [1.54, 1.807) is 17.1 Å².